The summed E-state index contributed by atoms with van der Waals surface area (Å²) in [5, 5.41) is 19.2. The molecular formula is C27H25Cl2N5O5S3. The number of hydrogen-bond acceptors (Lipinski definition) is 8. The molecule has 1 unspecified atom stereocenters. The molecule has 15 heteroatoms. The zero-order chi connectivity index (χ0) is 30.6. The van der Waals surface area contributed by atoms with Crippen LogP contribution in [0.15, 0.2) is 69.1 Å². The molecule has 0 bridgehead atoms. The molecular weight excluding hydrogens is 641 g/mol. The van der Waals surface area contributed by atoms with Crippen LogP contribution in [0.5, 0.6) is 0 Å². The smallest absolute Gasteiger partial charge is 0.328 e. The summed E-state index contributed by atoms with van der Waals surface area (Å²) < 4.78 is 15.3. The lowest BCUT2D eigenvalue weighted by Crippen LogP contribution is -2.45. The van der Waals surface area contributed by atoms with E-state index in [1.165, 1.54) is 6.26 Å². The van der Waals surface area contributed by atoms with Crippen molar-refractivity contribution in [2.24, 2.45) is 9.63 Å². The van der Waals surface area contributed by atoms with Crippen molar-refractivity contribution >= 4 is 84.9 Å². The number of halogens is 2. The molecule has 0 saturated carbocycles. The van der Waals surface area contributed by atoms with E-state index >= 15 is 0 Å². The van der Waals surface area contributed by atoms with Gasteiger partial charge in [0.05, 0.1) is 21.3 Å². The molecule has 1 aliphatic heterocycles. The van der Waals surface area contributed by atoms with Crippen LogP contribution in [0.2, 0.25) is 10.0 Å². The molecule has 1 aliphatic rings. The van der Waals surface area contributed by atoms with Crippen LogP contribution in [-0.2, 0) is 37.6 Å². The summed E-state index contributed by atoms with van der Waals surface area (Å²) in [6.07, 6.45) is 1.64. The van der Waals surface area contributed by atoms with Gasteiger partial charge >= 0.3 is 5.97 Å². The Hall–Kier alpha value is -3.23. The Morgan fingerprint density at radius 1 is 1.17 bits per heavy atom. The summed E-state index contributed by atoms with van der Waals surface area (Å²) in [6, 6.07) is 13.6. The highest BCUT2D eigenvalue weighted by Crippen LogP contribution is 2.35. The minimum atomic E-state index is -2.90. The Morgan fingerprint density at radius 2 is 1.86 bits per heavy atom. The van der Waals surface area contributed by atoms with Crippen LogP contribution < -0.4 is 10.6 Å². The first-order valence-corrected chi connectivity index (χ1v) is 16.5. The number of aliphatic carboxylic acids is 1. The van der Waals surface area contributed by atoms with Crippen molar-refractivity contribution in [1.82, 2.24) is 10.2 Å². The second-order valence-electron chi connectivity index (χ2n) is 9.39. The number of rotatable bonds is 9. The molecule has 2 atom stereocenters. The van der Waals surface area contributed by atoms with Gasteiger partial charge in [0.2, 0.25) is 0 Å². The highest BCUT2D eigenvalue weighted by molar-refractivity contribution is 8.31. The SMILES string of the molecule is CS(=O)(=S)N=Nc1ccccc1NC[C@H](NC(=O)c1c(Cl)cc2c(c1Cl)CCN(C(=O)c1ccc(S)cc1)C2)C(=O)O. The van der Waals surface area contributed by atoms with Crippen molar-refractivity contribution in [1.29, 1.82) is 0 Å². The monoisotopic (exact) mass is 665 g/mol. The molecule has 0 fully saturated rings. The number of carboxylic acid groups (broad SMARTS) is 1. The second-order valence-corrected chi connectivity index (χ2v) is 14.2. The Balaban J connectivity index is 1.49. The van der Waals surface area contributed by atoms with Crippen molar-refractivity contribution in [2.45, 2.75) is 23.9 Å². The molecule has 220 valence electrons. The zero-order valence-electron chi connectivity index (χ0n) is 22.0. The number of nitrogens with one attached hydrogen (secondary N) is 2. The fraction of sp³-hybridized carbons (Fsp3) is 0.222. The standard InChI is InChI=1S/C27H25Cl2N5O5S3/c1-42(39,41)33-32-21-5-3-2-4-20(21)30-13-22(27(37)38)31-25(35)23-19(28)12-16-14-34(11-10-18(16)24(23)29)26(36)15-6-8-17(40)9-7-15/h2-9,12,22,30,40H,10-11,13-14H2,1H3,(H,31,35)(H,37,38)/t22-,42?/m0/s1. The lowest BCUT2D eigenvalue weighted by Gasteiger charge is -2.30. The number of anilines is 1. The predicted octanol–water partition coefficient (Wildman–Crippen LogP) is 5.15. The van der Waals surface area contributed by atoms with Crippen LogP contribution in [0, 0.1) is 0 Å². The minimum Gasteiger partial charge on any atom is -0.480 e. The largest absolute Gasteiger partial charge is 0.480 e. The minimum absolute atomic E-state index is 0.0277. The van der Waals surface area contributed by atoms with E-state index in [0.717, 1.165) is 4.90 Å². The normalized spacial score (nSPS) is 15.0. The highest BCUT2D eigenvalue weighted by Gasteiger charge is 2.29. The molecule has 0 spiro atoms. The first-order chi connectivity index (χ1) is 19.8. The summed E-state index contributed by atoms with van der Waals surface area (Å²) in [7, 11) is -2.90. The number of para-hydroxylation sites is 1. The van der Waals surface area contributed by atoms with Gasteiger partial charge in [-0.05, 0) is 60.0 Å². The van der Waals surface area contributed by atoms with E-state index in [0.29, 0.717) is 41.0 Å². The molecule has 10 nitrogen and oxygen atoms in total. The predicted molar refractivity (Wildman–Crippen MR) is 168 cm³/mol. The molecule has 0 saturated heterocycles. The van der Waals surface area contributed by atoms with E-state index in [1.54, 1.807) is 59.5 Å². The summed E-state index contributed by atoms with van der Waals surface area (Å²) in [5.41, 5.74) is 2.52. The van der Waals surface area contributed by atoms with Gasteiger partial charge in [-0.15, -0.1) is 17.7 Å². The Morgan fingerprint density at radius 3 is 2.52 bits per heavy atom. The van der Waals surface area contributed by atoms with E-state index in [9.17, 15) is 23.7 Å². The number of fused-ring (bicyclic) bond motifs is 1. The van der Waals surface area contributed by atoms with Gasteiger partial charge in [0.15, 0.2) is 0 Å². The van der Waals surface area contributed by atoms with Crippen molar-refractivity contribution < 1.29 is 23.7 Å². The van der Waals surface area contributed by atoms with Gasteiger partial charge < -0.3 is 20.6 Å². The number of amides is 2. The van der Waals surface area contributed by atoms with Crippen LogP contribution in [0.1, 0.15) is 31.8 Å². The molecule has 3 N–H and O–H groups in total. The maximum absolute atomic E-state index is 13.2. The van der Waals surface area contributed by atoms with Crippen LogP contribution >= 0.6 is 35.8 Å². The summed E-state index contributed by atoms with van der Waals surface area (Å²) in [5.74, 6) is -2.23. The lowest BCUT2D eigenvalue weighted by molar-refractivity contribution is -0.138. The number of carboxylic acids is 1. The third-order valence-corrected chi connectivity index (χ3v) is 7.93. The Bertz CT molecular complexity index is 1680. The number of carbonyl (C=O) groups excluding carboxylic acids is 2. The zero-order valence-corrected chi connectivity index (χ0v) is 26.1. The summed E-state index contributed by atoms with van der Waals surface area (Å²) in [4.78, 5) is 40.7. The Labute approximate surface area is 262 Å². The van der Waals surface area contributed by atoms with E-state index in [-0.39, 0.29) is 34.6 Å². The summed E-state index contributed by atoms with van der Waals surface area (Å²) in [6.45, 7) is 0.386. The molecule has 3 aromatic carbocycles. The molecule has 42 heavy (non-hydrogen) atoms. The quantitative estimate of drug-likeness (QED) is 0.183. The fourth-order valence-corrected chi connectivity index (χ4v) is 5.54. The van der Waals surface area contributed by atoms with E-state index in [1.807, 2.05) is 0 Å². The van der Waals surface area contributed by atoms with E-state index in [4.69, 9.17) is 34.4 Å². The fourth-order valence-electron chi connectivity index (χ4n) is 4.29. The molecule has 0 aliphatic carbocycles. The van der Waals surface area contributed by atoms with Crippen LogP contribution in [0.25, 0.3) is 0 Å². The first-order valence-electron chi connectivity index (χ1n) is 12.4. The van der Waals surface area contributed by atoms with Crippen molar-refractivity contribution in [3.63, 3.8) is 0 Å². The Kier molecular flexibility index (Phi) is 10.1. The van der Waals surface area contributed by atoms with Gasteiger partial charge in [-0.25, -0.2) is 9.00 Å². The number of thiol groups is 1. The van der Waals surface area contributed by atoms with Crippen molar-refractivity contribution in [3.05, 3.63) is 86.9 Å². The average Bonchev–Trinajstić information content (AvgIpc) is 2.93. The van der Waals surface area contributed by atoms with E-state index in [2.05, 4.69) is 32.9 Å². The van der Waals surface area contributed by atoms with Gasteiger partial charge in [-0.2, -0.15) is 0 Å². The molecule has 2 amide bonds. The van der Waals surface area contributed by atoms with Crippen molar-refractivity contribution in [2.75, 3.05) is 24.7 Å². The molecule has 1 heterocycles. The molecule has 0 radical (unpaired) electrons. The van der Waals surface area contributed by atoms with Crippen molar-refractivity contribution in [3.8, 4) is 0 Å². The lowest BCUT2D eigenvalue weighted by atomic mass is 9.96. The molecule has 4 rings (SSSR count). The molecule has 3 aromatic rings. The third-order valence-electron chi connectivity index (χ3n) is 6.33. The van der Waals surface area contributed by atoms with Crippen LogP contribution in [0.3, 0.4) is 0 Å². The average molecular weight is 667 g/mol. The number of hydrogen-bond donors (Lipinski definition) is 4. The van der Waals surface area contributed by atoms with Gasteiger partial charge in [0.1, 0.15) is 20.4 Å². The van der Waals surface area contributed by atoms with Gasteiger partial charge in [-0.3, -0.25) is 9.59 Å². The number of carbonyl (C=O) groups is 3. The van der Waals surface area contributed by atoms with E-state index < -0.39 is 26.6 Å². The topological polar surface area (TPSA) is 141 Å². The molecule has 0 aromatic heterocycles. The van der Waals surface area contributed by atoms with Gasteiger partial charge in [-0.1, -0.05) is 39.9 Å². The van der Waals surface area contributed by atoms with Crippen LogP contribution in [-0.4, -0.2) is 57.4 Å². The number of nitrogens with zero attached hydrogens (tertiary/aromatic N) is 3. The third kappa shape index (κ3) is 7.78. The van der Waals surface area contributed by atoms with Crippen LogP contribution in [0.4, 0.5) is 11.4 Å². The second kappa shape index (κ2) is 13.4. The highest BCUT2D eigenvalue weighted by atomic mass is 35.5. The van der Waals surface area contributed by atoms with Gasteiger partial charge in [0.25, 0.3) is 11.8 Å². The first kappa shape index (κ1) is 31.7. The number of benzene rings is 3. The maximum Gasteiger partial charge on any atom is 0.328 e. The summed E-state index contributed by atoms with van der Waals surface area (Å²) >= 11 is 22.1. The van der Waals surface area contributed by atoms with Gasteiger partial charge in [0, 0.05) is 47.5 Å². The maximum atomic E-state index is 13.2.